The highest BCUT2D eigenvalue weighted by Gasteiger charge is 2.11. The summed E-state index contributed by atoms with van der Waals surface area (Å²) >= 11 is 2.12. The lowest BCUT2D eigenvalue weighted by Gasteiger charge is -2.05. The van der Waals surface area contributed by atoms with E-state index in [0.717, 1.165) is 9.13 Å². The number of carboxylic acid groups (broad SMARTS) is 1. The van der Waals surface area contributed by atoms with Gasteiger partial charge in [0.25, 0.3) is 0 Å². The fourth-order valence-corrected chi connectivity index (χ4v) is 2.20. The van der Waals surface area contributed by atoms with E-state index in [9.17, 15) is 4.79 Å². The summed E-state index contributed by atoms with van der Waals surface area (Å²) in [4.78, 5) is 11.0. The van der Waals surface area contributed by atoms with Gasteiger partial charge in [-0.05, 0) is 34.2 Å². The molecule has 4 heteroatoms. The van der Waals surface area contributed by atoms with Gasteiger partial charge in [-0.25, -0.2) is 4.79 Å². The van der Waals surface area contributed by atoms with Gasteiger partial charge in [0.05, 0.1) is 0 Å². The van der Waals surface area contributed by atoms with Gasteiger partial charge in [0.2, 0.25) is 0 Å². The molecule has 0 amide bonds. The lowest BCUT2D eigenvalue weighted by atomic mass is 10.2. The third-order valence-electron chi connectivity index (χ3n) is 2.28. The summed E-state index contributed by atoms with van der Waals surface area (Å²) in [5.41, 5.74) is 1.42. The predicted molar refractivity (Wildman–Crippen MR) is 69.7 cm³/mol. The Bertz CT molecular complexity index is 505. The van der Waals surface area contributed by atoms with Crippen LogP contribution in [0.25, 0.3) is 0 Å². The van der Waals surface area contributed by atoms with Gasteiger partial charge in [-0.3, -0.25) is 0 Å². The second-order valence-electron chi connectivity index (χ2n) is 3.46. The van der Waals surface area contributed by atoms with Crippen molar-refractivity contribution in [2.24, 2.45) is 0 Å². The minimum atomic E-state index is -0.890. The van der Waals surface area contributed by atoms with Crippen LogP contribution in [0.4, 0.5) is 0 Å². The van der Waals surface area contributed by atoms with E-state index in [2.05, 4.69) is 22.6 Å². The Labute approximate surface area is 107 Å². The Balaban J connectivity index is 2.31. The maximum Gasteiger partial charge on any atom is 0.352 e. The Morgan fingerprint density at radius 1 is 1.31 bits per heavy atom. The molecule has 2 rings (SSSR count). The second kappa shape index (κ2) is 4.69. The summed E-state index contributed by atoms with van der Waals surface area (Å²) in [5, 5.41) is 9.03. The summed E-state index contributed by atoms with van der Waals surface area (Å²) < 4.78 is 2.69. The number of benzene rings is 1. The van der Waals surface area contributed by atoms with E-state index in [4.69, 9.17) is 5.11 Å². The number of halogens is 1. The first-order valence-corrected chi connectivity index (χ1v) is 5.87. The van der Waals surface area contributed by atoms with Crippen molar-refractivity contribution in [2.75, 3.05) is 0 Å². The van der Waals surface area contributed by atoms with Gasteiger partial charge in [0, 0.05) is 16.3 Å². The van der Waals surface area contributed by atoms with Crippen LogP contribution in [0, 0.1) is 3.57 Å². The van der Waals surface area contributed by atoms with Crippen molar-refractivity contribution in [3.63, 3.8) is 0 Å². The maximum absolute atomic E-state index is 11.0. The number of nitrogens with zero attached hydrogens (tertiary/aromatic N) is 1. The van der Waals surface area contributed by atoms with Gasteiger partial charge in [-0.2, -0.15) is 0 Å². The molecule has 82 valence electrons. The molecule has 1 aromatic carbocycles. The van der Waals surface area contributed by atoms with Crippen LogP contribution in [0.3, 0.4) is 0 Å². The van der Waals surface area contributed by atoms with Crippen LogP contribution in [0.1, 0.15) is 16.1 Å². The third-order valence-corrected chi connectivity index (χ3v) is 2.87. The van der Waals surface area contributed by atoms with Gasteiger partial charge in [0.1, 0.15) is 5.69 Å². The average molecular weight is 327 g/mol. The SMILES string of the molecule is O=C(O)c1cc(I)cn1Cc1ccccc1. The zero-order valence-corrected chi connectivity index (χ0v) is 10.6. The molecule has 0 unspecified atom stereocenters. The van der Waals surface area contributed by atoms with Gasteiger partial charge in [-0.15, -0.1) is 0 Å². The van der Waals surface area contributed by atoms with Gasteiger partial charge in [0.15, 0.2) is 0 Å². The average Bonchev–Trinajstić information content (AvgIpc) is 2.61. The number of aromatic carboxylic acids is 1. The fourth-order valence-electron chi connectivity index (χ4n) is 1.56. The van der Waals surface area contributed by atoms with E-state index < -0.39 is 5.97 Å². The maximum atomic E-state index is 11.0. The minimum absolute atomic E-state index is 0.327. The van der Waals surface area contributed by atoms with E-state index in [-0.39, 0.29) is 0 Å². The van der Waals surface area contributed by atoms with E-state index in [1.165, 1.54) is 0 Å². The Morgan fingerprint density at radius 3 is 2.62 bits per heavy atom. The van der Waals surface area contributed by atoms with Crippen molar-refractivity contribution in [1.29, 1.82) is 0 Å². The largest absolute Gasteiger partial charge is 0.477 e. The predicted octanol–water partition coefficient (Wildman–Crippen LogP) is 2.84. The van der Waals surface area contributed by atoms with Gasteiger partial charge >= 0.3 is 5.97 Å². The molecule has 0 atom stereocenters. The summed E-state index contributed by atoms with van der Waals surface area (Å²) in [5.74, 6) is -0.890. The Hall–Kier alpha value is -1.30. The molecule has 0 aliphatic heterocycles. The van der Waals surface area contributed by atoms with E-state index >= 15 is 0 Å². The molecular formula is C12H10INO2. The highest BCUT2D eigenvalue weighted by Crippen LogP contribution is 2.13. The highest BCUT2D eigenvalue weighted by molar-refractivity contribution is 14.1. The summed E-state index contributed by atoms with van der Waals surface area (Å²) in [6.07, 6.45) is 1.84. The number of hydrogen-bond acceptors (Lipinski definition) is 1. The van der Waals surface area contributed by atoms with Gasteiger partial charge < -0.3 is 9.67 Å². The van der Waals surface area contributed by atoms with Crippen LogP contribution in [0.2, 0.25) is 0 Å². The first-order chi connectivity index (χ1) is 7.66. The number of aromatic nitrogens is 1. The quantitative estimate of drug-likeness (QED) is 0.881. The molecule has 0 aliphatic carbocycles. The normalized spacial score (nSPS) is 10.3. The number of hydrogen-bond donors (Lipinski definition) is 1. The van der Waals surface area contributed by atoms with Gasteiger partial charge in [-0.1, -0.05) is 30.3 Å². The van der Waals surface area contributed by atoms with Crippen molar-refractivity contribution >= 4 is 28.6 Å². The molecule has 2 aromatic rings. The van der Waals surface area contributed by atoms with E-state index in [0.29, 0.717) is 12.2 Å². The Morgan fingerprint density at radius 2 is 2.00 bits per heavy atom. The molecule has 0 fully saturated rings. The molecule has 1 heterocycles. The van der Waals surface area contributed by atoms with Crippen LogP contribution in [-0.2, 0) is 6.54 Å². The fraction of sp³-hybridized carbons (Fsp3) is 0.0833. The lowest BCUT2D eigenvalue weighted by molar-refractivity contribution is 0.0685. The topological polar surface area (TPSA) is 42.2 Å². The molecular weight excluding hydrogens is 317 g/mol. The first kappa shape index (κ1) is 11.2. The molecule has 0 saturated carbocycles. The minimum Gasteiger partial charge on any atom is -0.477 e. The standard InChI is InChI=1S/C12H10INO2/c13-10-6-11(12(15)16)14(8-10)7-9-4-2-1-3-5-9/h1-6,8H,7H2,(H,15,16). The molecule has 1 aromatic heterocycles. The van der Waals surface area contributed by atoms with Crippen LogP contribution >= 0.6 is 22.6 Å². The van der Waals surface area contributed by atoms with Crippen molar-refractivity contribution in [3.05, 3.63) is 57.4 Å². The molecule has 0 bridgehead atoms. The smallest absolute Gasteiger partial charge is 0.352 e. The van der Waals surface area contributed by atoms with Crippen molar-refractivity contribution in [2.45, 2.75) is 6.54 Å². The van der Waals surface area contributed by atoms with Crippen LogP contribution < -0.4 is 0 Å². The zero-order chi connectivity index (χ0) is 11.5. The van der Waals surface area contributed by atoms with Crippen LogP contribution in [0.15, 0.2) is 42.6 Å². The molecule has 1 N–H and O–H groups in total. The second-order valence-corrected chi connectivity index (χ2v) is 4.71. The molecule has 0 radical (unpaired) electrons. The van der Waals surface area contributed by atoms with Crippen molar-refractivity contribution in [3.8, 4) is 0 Å². The molecule has 3 nitrogen and oxygen atoms in total. The van der Waals surface area contributed by atoms with Crippen molar-refractivity contribution in [1.82, 2.24) is 4.57 Å². The number of rotatable bonds is 3. The zero-order valence-electron chi connectivity index (χ0n) is 8.43. The van der Waals surface area contributed by atoms with Crippen LogP contribution in [0.5, 0.6) is 0 Å². The first-order valence-electron chi connectivity index (χ1n) is 4.80. The highest BCUT2D eigenvalue weighted by atomic mass is 127. The summed E-state index contributed by atoms with van der Waals surface area (Å²) in [6.45, 7) is 0.589. The van der Waals surface area contributed by atoms with Crippen LogP contribution in [-0.4, -0.2) is 15.6 Å². The van der Waals surface area contributed by atoms with Crippen molar-refractivity contribution < 1.29 is 9.90 Å². The Kier molecular flexibility index (Phi) is 3.28. The number of carboxylic acids is 1. The molecule has 0 spiro atoms. The summed E-state index contributed by atoms with van der Waals surface area (Å²) in [7, 11) is 0. The molecule has 0 saturated heterocycles. The number of carbonyl (C=O) groups is 1. The molecule has 16 heavy (non-hydrogen) atoms. The third kappa shape index (κ3) is 2.44. The van der Waals surface area contributed by atoms with E-state index in [1.54, 1.807) is 10.6 Å². The monoisotopic (exact) mass is 327 g/mol. The summed E-state index contributed by atoms with van der Waals surface area (Å²) in [6, 6.07) is 11.5. The van der Waals surface area contributed by atoms with E-state index in [1.807, 2.05) is 36.5 Å². The molecule has 0 aliphatic rings. The lowest BCUT2D eigenvalue weighted by Crippen LogP contribution is -2.08.